The van der Waals surface area contributed by atoms with E-state index in [2.05, 4.69) is 17.2 Å². The summed E-state index contributed by atoms with van der Waals surface area (Å²) in [6, 6.07) is 0.0149. The fourth-order valence-corrected chi connectivity index (χ4v) is 2.90. The minimum Gasteiger partial charge on any atom is -0.374 e. The zero-order valence-electron chi connectivity index (χ0n) is 11.3. The molecule has 18 heavy (non-hydrogen) atoms. The van der Waals surface area contributed by atoms with Gasteiger partial charge in [-0.05, 0) is 19.4 Å². The largest absolute Gasteiger partial charge is 0.374 e. The highest BCUT2D eigenvalue weighted by Gasteiger charge is 2.26. The first kappa shape index (κ1) is 15.8. The number of sulfone groups is 1. The first-order valence-electron chi connectivity index (χ1n) is 6.44. The molecule has 0 spiro atoms. The first-order valence-corrected chi connectivity index (χ1v) is 8.50. The van der Waals surface area contributed by atoms with Gasteiger partial charge in [-0.25, -0.2) is 8.42 Å². The molecular formula is C11H25N3O3S. The van der Waals surface area contributed by atoms with E-state index in [1.165, 1.54) is 6.26 Å². The van der Waals surface area contributed by atoms with Gasteiger partial charge in [0.1, 0.15) is 9.84 Å². The van der Waals surface area contributed by atoms with Crippen LogP contribution in [0.1, 0.15) is 19.8 Å². The highest BCUT2D eigenvalue weighted by Crippen LogP contribution is 2.12. The molecule has 1 aliphatic heterocycles. The van der Waals surface area contributed by atoms with Crippen LogP contribution < -0.4 is 11.3 Å². The number of morpholine rings is 1. The van der Waals surface area contributed by atoms with Gasteiger partial charge in [0, 0.05) is 31.1 Å². The number of ether oxygens (including phenoxy) is 1. The third-order valence-corrected chi connectivity index (χ3v) is 4.35. The molecule has 3 N–H and O–H groups in total. The van der Waals surface area contributed by atoms with Crippen LogP contribution in [0.5, 0.6) is 0 Å². The molecule has 1 heterocycles. The summed E-state index contributed by atoms with van der Waals surface area (Å²) < 4.78 is 27.9. The highest BCUT2D eigenvalue weighted by atomic mass is 32.2. The van der Waals surface area contributed by atoms with Gasteiger partial charge in [-0.15, -0.1) is 0 Å². The Balaban J connectivity index is 2.40. The maximum Gasteiger partial charge on any atom is 0.147 e. The van der Waals surface area contributed by atoms with Crippen molar-refractivity contribution < 1.29 is 13.2 Å². The van der Waals surface area contributed by atoms with Gasteiger partial charge in [0.2, 0.25) is 0 Å². The molecule has 1 aliphatic rings. The van der Waals surface area contributed by atoms with Crippen molar-refractivity contribution in [2.24, 2.45) is 5.84 Å². The number of nitrogens with two attached hydrogens (primary N) is 1. The van der Waals surface area contributed by atoms with Crippen LogP contribution in [0.15, 0.2) is 0 Å². The molecule has 108 valence electrons. The predicted octanol–water partition coefficient (Wildman–Crippen LogP) is -0.636. The number of hydrogen-bond donors (Lipinski definition) is 2. The Morgan fingerprint density at radius 1 is 1.56 bits per heavy atom. The van der Waals surface area contributed by atoms with E-state index in [9.17, 15) is 8.42 Å². The normalized spacial score (nSPS) is 24.1. The van der Waals surface area contributed by atoms with Crippen molar-refractivity contribution in [3.63, 3.8) is 0 Å². The summed E-state index contributed by atoms with van der Waals surface area (Å²) in [5.74, 6) is 5.75. The molecule has 7 heteroatoms. The van der Waals surface area contributed by atoms with Crippen LogP contribution in [0.25, 0.3) is 0 Å². The predicted molar refractivity (Wildman–Crippen MR) is 71.9 cm³/mol. The Morgan fingerprint density at radius 2 is 2.28 bits per heavy atom. The highest BCUT2D eigenvalue weighted by molar-refractivity contribution is 7.90. The van der Waals surface area contributed by atoms with E-state index in [4.69, 9.17) is 10.6 Å². The molecule has 6 nitrogen and oxygen atoms in total. The molecule has 0 aromatic carbocycles. The lowest BCUT2D eigenvalue weighted by molar-refractivity contribution is -0.0462. The smallest absolute Gasteiger partial charge is 0.147 e. The Bertz CT molecular complexity index is 334. The van der Waals surface area contributed by atoms with Gasteiger partial charge in [0.25, 0.3) is 0 Å². The van der Waals surface area contributed by atoms with E-state index in [0.717, 1.165) is 19.6 Å². The minimum absolute atomic E-state index is 0.0149. The van der Waals surface area contributed by atoms with E-state index in [1.807, 2.05) is 0 Å². The lowest BCUT2D eigenvalue weighted by atomic mass is 10.0. The van der Waals surface area contributed by atoms with Crippen molar-refractivity contribution >= 4 is 9.84 Å². The van der Waals surface area contributed by atoms with Crippen molar-refractivity contribution in [1.82, 2.24) is 10.3 Å². The Kier molecular flexibility index (Phi) is 6.51. The van der Waals surface area contributed by atoms with E-state index >= 15 is 0 Å². The number of hydrazine groups is 1. The summed E-state index contributed by atoms with van der Waals surface area (Å²) >= 11 is 0. The van der Waals surface area contributed by atoms with E-state index in [-0.39, 0.29) is 17.9 Å². The van der Waals surface area contributed by atoms with Crippen molar-refractivity contribution in [3.8, 4) is 0 Å². The van der Waals surface area contributed by atoms with Gasteiger partial charge in [0.05, 0.1) is 12.7 Å². The summed E-state index contributed by atoms with van der Waals surface area (Å²) in [7, 11) is -2.89. The monoisotopic (exact) mass is 279 g/mol. The van der Waals surface area contributed by atoms with E-state index < -0.39 is 9.84 Å². The van der Waals surface area contributed by atoms with Crippen LogP contribution in [0, 0.1) is 0 Å². The maximum atomic E-state index is 11.1. The average molecular weight is 279 g/mol. The molecule has 0 aromatic heterocycles. The van der Waals surface area contributed by atoms with Crippen LogP contribution in [0.3, 0.4) is 0 Å². The molecule has 0 saturated carbocycles. The summed E-state index contributed by atoms with van der Waals surface area (Å²) in [5.41, 5.74) is 2.76. The summed E-state index contributed by atoms with van der Waals surface area (Å²) in [4.78, 5) is 2.31. The fourth-order valence-electron chi connectivity index (χ4n) is 2.20. The molecule has 1 fully saturated rings. The first-order chi connectivity index (χ1) is 8.46. The third kappa shape index (κ3) is 5.62. The van der Waals surface area contributed by atoms with Crippen molar-refractivity contribution in [3.05, 3.63) is 0 Å². The van der Waals surface area contributed by atoms with Crippen LogP contribution >= 0.6 is 0 Å². The van der Waals surface area contributed by atoms with Gasteiger partial charge in [-0.1, -0.05) is 6.92 Å². The summed E-state index contributed by atoms with van der Waals surface area (Å²) in [5, 5.41) is 0. The molecule has 2 unspecified atom stereocenters. The number of rotatable bonds is 7. The summed E-state index contributed by atoms with van der Waals surface area (Å²) in [6.07, 6.45) is 2.63. The van der Waals surface area contributed by atoms with Crippen LogP contribution in [-0.2, 0) is 14.6 Å². The van der Waals surface area contributed by atoms with Gasteiger partial charge >= 0.3 is 0 Å². The lowest BCUT2D eigenvalue weighted by Crippen LogP contribution is -2.53. The molecule has 0 radical (unpaired) electrons. The maximum absolute atomic E-state index is 11.1. The van der Waals surface area contributed by atoms with Gasteiger partial charge in [-0.2, -0.15) is 0 Å². The Morgan fingerprint density at radius 3 is 2.83 bits per heavy atom. The van der Waals surface area contributed by atoms with Gasteiger partial charge in [0.15, 0.2) is 0 Å². The van der Waals surface area contributed by atoms with Crippen molar-refractivity contribution in [2.45, 2.75) is 31.9 Å². The minimum atomic E-state index is -2.89. The Hall–Kier alpha value is -0.210. The second-order valence-electron chi connectivity index (χ2n) is 4.85. The number of nitrogens with zero attached hydrogens (tertiary/aromatic N) is 1. The molecule has 0 aromatic rings. The second-order valence-corrected chi connectivity index (χ2v) is 7.11. The molecule has 0 amide bonds. The molecule has 0 aliphatic carbocycles. The molecular weight excluding hydrogens is 254 g/mol. The second kappa shape index (κ2) is 7.40. The van der Waals surface area contributed by atoms with Crippen LogP contribution in [0.2, 0.25) is 0 Å². The third-order valence-electron chi connectivity index (χ3n) is 3.32. The van der Waals surface area contributed by atoms with Gasteiger partial charge < -0.3 is 4.74 Å². The quantitative estimate of drug-likeness (QED) is 0.476. The number of likely N-dealkylation sites (N-methyl/N-ethyl adjacent to an activating group) is 1. The molecule has 2 atom stereocenters. The SMILES string of the molecule is CCN1CCOC(C(CCCS(C)(=O)=O)NN)C1. The average Bonchev–Trinajstić information content (AvgIpc) is 2.33. The number of hydrogen-bond acceptors (Lipinski definition) is 6. The van der Waals surface area contributed by atoms with Crippen LogP contribution in [0.4, 0.5) is 0 Å². The molecule has 0 bridgehead atoms. The van der Waals surface area contributed by atoms with Crippen LogP contribution in [-0.4, -0.2) is 63.7 Å². The Labute approximate surface area is 110 Å². The van der Waals surface area contributed by atoms with E-state index in [0.29, 0.717) is 19.4 Å². The fraction of sp³-hybridized carbons (Fsp3) is 1.00. The zero-order valence-corrected chi connectivity index (χ0v) is 12.1. The summed E-state index contributed by atoms with van der Waals surface area (Å²) in [6.45, 7) is 5.64. The molecule has 1 saturated heterocycles. The lowest BCUT2D eigenvalue weighted by Gasteiger charge is -2.36. The number of nitrogens with one attached hydrogen (secondary N) is 1. The van der Waals surface area contributed by atoms with Crippen molar-refractivity contribution in [2.75, 3.05) is 38.2 Å². The standard InChI is InChI=1S/C11H25N3O3S/c1-3-14-6-7-17-11(9-14)10(13-12)5-4-8-18(2,15)16/h10-11,13H,3-9,12H2,1-2H3. The van der Waals surface area contributed by atoms with Gasteiger partial charge in [-0.3, -0.25) is 16.2 Å². The molecule has 1 rings (SSSR count). The van der Waals surface area contributed by atoms with Crippen molar-refractivity contribution in [1.29, 1.82) is 0 Å². The van der Waals surface area contributed by atoms with E-state index in [1.54, 1.807) is 0 Å². The topological polar surface area (TPSA) is 84.7 Å². The zero-order chi connectivity index (χ0) is 13.6.